The van der Waals surface area contributed by atoms with Gasteiger partial charge in [0.25, 0.3) is 0 Å². The molecule has 2 aliphatic rings. The van der Waals surface area contributed by atoms with Gasteiger partial charge in [-0.1, -0.05) is 26.0 Å². The van der Waals surface area contributed by atoms with Gasteiger partial charge in [0, 0.05) is 51.1 Å². The fraction of sp³-hybridized carbons (Fsp3) is 0.356. The fourth-order valence-electron chi connectivity index (χ4n) is 9.01. The maximum Gasteiger partial charge on any atom is 0.419 e. The summed E-state index contributed by atoms with van der Waals surface area (Å²) < 4.78 is 128. The highest BCUT2D eigenvalue weighted by atomic mass is 19.4. The van der Waals surface area contributed by atoms with E-state index >= 15 is 0 Å². The van der Waals surface area contributed by atoms with Crippen LogP contribution in [0.3, 0.4) is 0 Å². The van der Waals surface area contributed by atoms with Crippen molar-refractivity contribution in [1.29, 1.82) is 0 Å². The molecule has 340 valence electrons. The lowest BCUT2D eigenvalue weighted by Gasteiger charge is -2.46. The van der Waals surface area contributed by atoms with Crippen LogP contribution in [0, 0.1) is 31.3 Å². The number of aliphatic hydroxyl groups is 2. The van der Waals surface area contributed by atoms with E-state index in [1.54, 1.807) is 45.0 Å². The van der Waals surface area contributed by atoms with Crippen molar-refractivity contribution in [3.63, 3.8) is 0 Å². The predicted octanol–water partition coefficient (Wildman–Crippen LogP) is 10.3. The number of aromatic amines is 1. The molecule has 7 N–H and O–H groups in total. The number of pyridine rings is 1. The molecular weight excluding hydrogens is 862 g/mol. The van der Waals surface area contributed by atoms with Crippen molar-refractivity contribution in [2.75, 3.05) is 10.6 Å². The number of fused-ring (bicyclic) bond motifs is 4. The van der Waals surface area contributed by atoms with Crippen molar-refractivity contribution < 1.29 is 59.9 Å². The standard InChI is InChI=1S/C23H22F4N2O3.C22H20F5N3O2/c1-3-12-10-22(32,23(25,26)27)21(14-9-15(24)11(2)20(31)19(12)14)29-17-6-4-5-16-13(17)7-8-18(30)28-16;1-3-11-8-21(32,22(25,26)27)20(12-7-14(23)18(24)19(31)17(11)12)30-16-6-4-5-15-13(16)9-28-10(2)29-15/h4-9,12,21,29,31-32H,3,10H2,1-2H3,(H,28,30);4-7,9,11,20,30-32H,3,8H2,1-2H3/t12-,21+,22-;11-,20+,21-/m11/s1. The van der Waals surface area contributed by atoms with Gasteiger partial charge in [0.1, 0.15) is 17.4 Å². The summed E-state index contributed by atoms with van der Waals surface area (Å²) in [6, 6.07) is 9.85. The largest absolute Gasteiger partial charge is 0.507 e. The molecule has 2 heterocycles. The number of H-pyrrole nitrogens is 1. The minimum Gasteiger partial charge on any atom is -0.507 e. The molecule has 0 aliphatic heterocycles. The summed E-state index contributed by atoms with van der Waals surface area (Å²) in [4.78, 5) is 22.5. The summed E-state index contributed by atoms with van der Waals surface area (Å²) in [7, 11) is 0. The normalized spacial score (nSPS) is 23.2. The number of phenolic OH excluding ortho intramolecular Hbond substituents is 2. The molecule has 19 heteroatoms. The average molecular weight is 904 g/mol. The monoisotopic (exact) mass is 903 g/mol. The number of aryl methyl sites for hydroxylation is 1. The Hall–Kier alpha value is -6.08. The Bertz CT molecular complexity index is 2840. The van der Waals surface area contributed by atoms with Crippen molar-refractivity contribution in [3.8, 4) is 11.5 Å². The summed E-state index contributed by atoms with van der Waals surface area (Å²) >= 11 is 0. The third-order valence-corrected chi connectivity index (χ3v) is 12.4. The molecule has 0 bridgehead atoms. The number of nitrogens with one attached hydrogen (secondary N) is 3. The van der Waals surface area contributed by atoms with Gasteiger partial charge in [0.15, 0.2) is 22.8 Å². The van der Waals surface area contributed by atoms with Crippen LogP contribution in [0.2, 0.25) is 0 Å². The molecule has 0 amide bonds. The van der Waals surface area contributed by atoms with Crippen LogP contribution in [0.4, 0.5) is 50.9 Å². The Balaban J connectivity index is 0.000000191. The Morgan fingerprint density at radius 1 is 0.734 bits per heavy atom. The SMILES string of the molecule is CC[C@@H]1C[C@](O)(C(F)(F)F)[C@@H](Nc2cccc3[nH]c(=O)ccc23)c2cc(F)c(C)c(O)c21.CC[C@@H]1C[C@](O)(C(F)(F)F)[C@@H](Nc2cccc3nc(C)ncc23)c2cc(F)c(F)c(O)c21. The first-order chi connectivity index (χ1) is 29.9. The van der Waals surface area contributed by atoms with Crippen LogP contribution in [-0.4, -0.2) is 58.9 Å². The van der Waals surface area contributed by atoms with E-state index in [4.69, 9.17) is 0 Å². The van der Waals surface area contributed by atoms with Gasteiger partial charge in [-0.25, -0.2) is 18.7 Å². The number of phenols is 2. The van der Waals surface area contributed by atoms with Crippen molar-refractivity contribution >= 4 is 33.2 Å². The van der Waals surface area contributed by atoms with Crippen LogP contribution in [0.5, 0.6) is 11.5 Å². The zero-order valence-electron chi connectivity index (χ0n) is 34.5. The first kappa shape index (κ1) is 45.9. The first-order valence-electron chi connectivity index (χ1n) is 20.1. The fourth-order valence-corrected chi connectivity index (χ4v) is 9.01. The lowest BCUT2D eigenvalue weighted by molar-refractivity contribution is -0.273. The predicted molar refractivity (Wildman–Crippen MR) is 220 cm³/mol. The second-order valence-electron chi connectivity index (χ2n) is 16.2. The summed E-state index contributed by atoms with van der Waals surface area (Å²) in [6.07, 6.45) is -9.97. The molecule has 8 rings (SSSR count). The van der Waals surface area contributed by atoms with Gasteiger partial charge in [-0.05, 0) is 105 Å². The van der Waals surface area contributed by atoms with E-state index in [1.165, 1.54) is 37.4 Å². The van der Waals surface area contributed by atoms with Gasteiger partial charge in [-0.15, -0.1) is 0 Å². The molecular formula is C45H42F9N5O5. The van der Waals surface area contributed by atoms with Gasteiger partial charge in [-0.3, -0.25) is 4.79 Å². The lowest BCUT2D eigenvalue weighted by atomic mass is 9.68. The number of anilines is 2. The summed E-state index contributed by atoms with van der Waals surface area (Å²) in [5.41, 5.74) is -6.20. The molecule has 4 aromatic carbocycles. The van der Waals surface area contributed by atoms with Crippen LogP contribution >= 0.6 is 0 Å². The second-order valence-corrected chi connectivity index (χ2v) is 16.2. The first-order valence-corrected chi connectivity index (χ1v) is 20.1. The zero-order valence-corrected chi connectivity index (χ0v) is 34.5. The Kier molecular flexibility index (Phi) is 11.8. The molecule has 0 saturated heterocycles. The van der Waals surface area contributed by atoms with Crippen LogP contribution in [0.25, 0.3) is 21.8 Å². The lowest BCUT2D eigenvalue weighted by Crippen LogP contribution is -2.55. The second kappa shape index (κ2) is 16.5. The topological polar surface area (TPSA) is 164 Å². The van der Waals surface area contributed by atoms with Crippen LogP contribution in [0.15, 0.2) is 71.7 Å². The van der Waals surface area contributed by atoms with E-state index in [2.05, 4.69) is 25.6 Å². The molecule has 10 nitrogen and oxygen atoms in total. The third-order valence-electron chi connectivity index (χ3n) is 12.4. The molecule has 0 radical (unpaired) electrons. The van der Waals surface area contributed by atoms with Crippen LogP contribution < -0.4 is 16.2 Å². The highest BCUT2D eigenvalue weighted by molar-refractivity contribution is 5.92. The van der Waals surface area contributed by atoms with Gasteiger partial charge >= 0.3 is 12.4 Å². The van der Waals surface area contributed by atoms with Crippen molar-refractivity contribution in [2.45, 2.75) is 101 Å². The van der Waals surface area contributed by atoms with E-state index in [-0.39, 0.29) is 57.6 Å². The van der Waals surface area contributed by atoms with Crippen LogP contribution in [0.1, 0.15) is 97.1 Å². The van der Waals surface area contributed by atoms with Gasteiger partial charge in [0.05, 0.1) is 23.1 Å². The number of alkyl halides is 6. The molecule has 6 aromatic rings. The molecule has 0 fully saturated rings. The Morgan fingerprint density at radius 2 is 1.25 bits per heavy atom. The van der Waals surface area contributed by atoms with E-state index in [0.717, 1.165) is 6.07 Å². The third kappa shape index (κ3) is 7.71. The van der Waals surface area contributed by atoms with E-state index in [1.807, 2.05) is 0 Å². The maximum absolute atomic E-state index is 14.6. The van der Waals surface area contributed by atoms with E-state index in [0.29, 0.717) is 33.7 Å². The van der Waals surface area contributed by atoms with Crippen molar-refractivity contribution in [2.24, 2.45) is 0 Å². The maximum atomic E-state index is 14.6. The van der Waals surface area contributed by atoms with Gasteiger partial charge in [0.2, 0.25) is 11.4 Å². The number of benzene rings is 4. The van der Waals surface area contributed by atoms with E-state index < -0.39 is 89.3 Å². The summed E-state index contributed by atoms with van der Waals surface area (Å²) in [5.74, 6) is -6.75. The average Bonchev–Trinajstić information content (AvgIpc) is 3.23. The molecule has 0 unspecified atom stereocenters. The minimum absolute atomic E-state index is 0.0545. The number of hydrogen-bond acceptors (Lipinski definition) is 9. The van der Waals surface area contributed by atoms with E-state index in [9.17, 15) is 64.7 Å². The zero-order chi connectivity index (χ0) is 46.8. The van der Waals surface area contributed by atoms with Crippen molar-refractivity contribution in [1.82, 2.24) is 15.0 Å². The van der Waals surface area contributed by atoms with Crippen molar-refractivity contribution in [3.05, 3.63) is 128 Å². The number of aromatic nitrogens is 3. The highest BCUT2D eigenvalue weighted by Gasteiger charge is 2.64. The van der Waals surface area contributed by atoms with Gasteiger partial charge < -0.3 is 36.0 Å². The smallest absolute Gasteiger partial charge is 0.419 e. The summed E-state index contributed by atoms with van der Waals surface area (Å²) in [6.45, 7) is 6.21. The molecule has 0 saturated carbocycles. The van der Waals surface area contributed by atoms with Crippen LogP contribution in [-0.2, 0) is 0 Å². The number of nitrogens with zero attached hydrogens (tertiary/aromatic N) is 2. The molecule has 2 aromatic heterocycles. The minimum atomic E-state index is -5.10. The number of hydrogen-bond donors (Lipinski definition) is 7. The highest BCUT2D eigenvalue weighted by Crippen LogP contribution is 2.57. The quantitative estimate of drug-likeness (QED) is 0.0807. The molecule has 2 aliphatic carbocycles. The Labute approximate surface area is 358 Å². The molecule has 64 heavy (non-hydrogen) atoms. The molecule has 6 atom stereocenters. The number of aromatic hydroxyl groups is 2. The summed E-state index contributed by atoms with van der Waals surface area (Å²) in [5, 5.41) is 49.0. The Morgan fingerprint density at radius 3 is 1.80 bits per heavy atom. The molecule has 0 spiro atoms. The van der Waals surface area contributed by atoms with Gasteiger partial charge in [-0.2, -0.15) is 30.7 Å². The number of rotatable bonds is 6. The number of halogens is 9.